The van der Waals surface area contributed by atoms with Crippen LogP contribution >= 0.6 is 0 Å². The molecule has 2 atom stereocenters. The molecule has 3 heterocycles. The van der Waals surface area contributed by atoms with Crippen LogP contribution in [0, 0.1) is 5.92 Å². The second-order valence-electron chi connectivity index (χ2n) is 9.09. The molecule has 180 valence electrons. The van der Waals surface area contributed by atoms with E-state index in [0.717, 1.165) is 67.3 Å². The van der Waals surface area contributed by atoms with Crippen molar-refractivity contribution in [3.8, 4) is 0 Å². The molecule has 10 heteroatoms. The first-order chi connectivity index (χ1) is 16.3. The van der Waals surface area contributed by atoms with E-state index in [0.29, 0.717) is 19.6 Å². The third-order valence-electron chi connectivity index (χ3n) is 6.99. The van der Waals surface area contributed by atoms with Crippen LogP contribution in [-0.4, -0.2) is 51.5 Å². The lowest BCUT2D eigenvalue weighted by Gasteiger charge is -2.35. The Morgan fingerprint density at radius 3 is 2.91 bits per heavy atom. The van der Waals surface area contributed by atoms with E-state index in [9.17, 15) is 18.0 Å². The highest BCUT2D eigenvalue weighted by atomic mass is 19.4. The van der Waals surface area contributed by atoms with Gasteiger partial charge in [-0.3, -0.25) is 4.79 Å². The molecule has 0 bridgehead atoms. The number of nitrogens with zero attached hydrogens (tertiary/aromatic N) is 5. The van der Waals surface area contributed by atoms with Crippen LogP contribution in [0.5, 0.6) is 0 Å². The van der Waals surface area contributed by atoms with Gasteiger partial charge in [-0.05, 0) is 37.5 Å². The summed E-state index contributed by atoms with van der Waals surface area (Å²) in [6.07, 6.45) is 1.41. The summed E-state index contributed by atoms with van der Waals surface area (Å²) in [6.45, 7) is 1.89. The molecule has 0 saturated heterocycles. The number of aromatic nitrogens is 2. The molecule has 0 radical (unpaired) electrons. The van der Waals surface area contributed by atoms with Crippen LogP contribution in [0.25, 0.3) is 0 Å². The first-order valence-corrected chi connectivity index (χ1v) is 11.5. The number of hydrogen-bond acceptors (Lipinski definition) is 5. The van der Waals surface area contributed by atoms with E-state index in [2.05, 4.69) is 19.8 Å². The van der Waals surface area contributed by atoms with Gasteiger partial charge in [0.05, 0.1) is 29.8 Å². The fourth-order valence-electron chi connectivity index (χ4n) is 5.08. The minimum absolute atomic E-state index is 0.0535. The van der Waals surface area contributed by atoms with E-state index in [-0.39, 0.29) is 17.5 Å². The zero-order valence-electron chi connectivity index (χ0n) is 18.9. The first-order valence-electron chi connectivity index (χ1n) is 11.5. The predicted molar refractivity (Wildman–Crippen MR) is 120 cm³/mol. The summed E-state index contributed by atoms with van der Waals surface area (Å²) in [4.78, 5) is 19.0. The van der Waals surface area contributed by atoms with E-state index < -0.39 is 17.6 Å². The van der Waals surface area contributed by atoms with Crippen LogP contribution in [-0.2, 0) is 24.1 Å². The average Bonchev–Trinajstić information content (AvgIpc) is 3.50. The van der Waals surface area contributed by atoms with Crippen LogP contribution in [0.15, 0.2) is 40.7 Å². The van der Waals surface area contributed by atoms with Crippen molar-refractivity contribution >= 4 is 17.3 Å². The Hall–Kier alpha value is -3.01. The number of carbonyl (C=O) groups excluding carboxylic acids is 1. The van der Waals surface area contributed by atoms with Crippen LogP contribution < -0.4 is 0 Å². The Kier molecular flexibility index (Phi) is 6.01. The standard InChI is InChI=1S/C24H26F3N5O2/c1-31(23(33)16-5-2-6-17(10-16)24(25,26)27)18-7-3-4-15(11-18)19-12-20(30-29-19)21-13-28-22-14-34-9-8-32(21)22/h2,5-6,10,13,15,18H,3-4,7-9,11-12,14H2,1H3/t15-,18+/m0/s1. The van der Waals surface area contributed by atoms with Gasteiger partial charge in [0.2, 0.25) is 0 Å². The van der Waals surface area contributed by atoms with E-state index in [1.54, 1.807) is 11.9 Å². The summed E-state index contributed by atoms with van der Waals surface area (Å²) in [5.41, 5.74) is 2.11. The van der Waals surface area contributed by atoms with Crippen LogP contribution in [0.2, 0.25) is 0 Å². The van der Waals surface area contributed by atoms with Crippen molar-refractivity contribution in [1.29, 1.82) is 0 Å². The first kappa shape index (κ1) is 22.8. The summed E-state index contributed by atoms with van der Waals surface area (Å²) < 4.78 is 46.8. The third-order valence-corrected chi connectivity index (χ3v) is 6.99. The largest absolute Gasteiger partial charge is 0.416 e. The Balaban J connectivity index is 1.24. The van der Waals surface area contributed by atoms with Crippen molar-refractivity contribution in [3.05, 3.63) is 53.1 Å². The Morgan fingerprint density at radius 2 is 2.09 bits per heavy atom. The predicted octanol–water partition coefficient (Wildman–Crippen LogP) is 4.31. The van der Waals surface area contributed by atoms with Crippen molar-refractivity contribution < 1.29 is 22.7 Å². The maximum Gasteiger partial charge on any atom is 0.416 e. The number of hydrogen-bond donors (Lipinski definition) is 0. The number of amides is 1. The molecule has 7 nitrogen and oxygen atoms in total. The number of halogens is 3. The van der Waals surface area contributed by atoms with E-state index in [1.165, 1.54) is 12.1 Å². The maximum atomic E-state index is 13.1. The molecule has 0 spiro atoms. The van der Waals surface area contributed by atoms with Gasteiger partial charge < -0.3 is 14.2 Å². The second-order valence-corrected chi connectivity index (χ2v) is 9.09. The number of carbonyl (C=O) groups is 1. The highest BCUT2D eigenvalue weighted by molar-refractivity contribution is 6.15. The number of ether oxygens (including phenoxy) is 1. The summed E-state index contributed by atoms with van der Waals surface area (Å²) >= 11 is 0. The lowest BCUT2D eigenvalue weighted by Crippen LogP contribution is -2.41. The SMILES string of the molecule is CN(C(=O)c1cccc(C(F)(F)F)c1)[C@@H]1CCC[C@H](C2=NN=C(c3cnc4n3CCOC4)C2)C1. The van der Waals surface area contributed by atoms with Crippen molar-refractivity contribution in [3.63, 3.8) is 0 Å². The molecule has 5 rings (SSSR count). The lowest BCUT2D eigenvalue weighted by atomic mass is 9.80. The minimum atomic E-state index is -4.48. The number of alkyl halides is 3. The highest BCUT2D eigenvalue weighted by Gasteiger charge is 2.34. The molecule has 1 aromatic heterocycles. The molecule has 1 aliphatic carbocycles. The van der Waals surface area contributed by atoms with Crippen LogP contribution in [0.1, 0.15) is 59.5 Å². The molecule has 2 aromatic rings. The Bertz CT molecular complexity index is 1150. The molecular weight excluding hydrogens is 447 g/mol. The van der Waals surface area contributed by atoms with E-state index in [4.69, 9.17) is 4.74 Å². The molecule has 1 saturated carbocycles. The zero-order chi connectivity index (χ0) is 23.9. The van der Waals surface area contributed by atoms with Gasteiger partial charge in [-0.15, -0.1) is 0 Å². The Morgan fingerprint density at radius 1 is 1.24 bits per heavy atom. The topological polar surface area (TPSA) is 72.1 Å². The van der Waals surface area contributed by atoms with Gasteiger partial charge in [0.15, 0.2) is 0 Å². The molecule has 1 fully saturated rings. The quantitative estimate of drug-likeness (QED) is 0.664. The summed E-state index contributed by atoms with van der Waals surface area (Å²) in [5.74, 6) is 0.684. The zero-order valence-corrected chi connectivity index (χ0v) is 18.9. The molecular formula is C24H26F3N5O2. The van der Waals surface area contributed by atoms with Gasteiger partial charge >= 0.3 is 6.18 Å². The van der Waals surface area contributed by atoms with Gasteiger partial charge in [-0.25, -0.2) is 4.98 Å². The second kappa shape index (κ2) is 8.98. The van der Waals surface area contributed by atoms with Gasteiger partial charge in [0, 0.05) is 43.2 Å². The molecule has 1 amide bonds. The maximum absolute atomic E-state index is 13.1. The molecule has 0 N–H and O–H groups in total. The van der Waals surface area contributed by atoms with Crippen molar-refractivity contribution in [1.82, 2.24) is 14.5 Å². The van der Waals surface area contributed by atoms with Gasteiger partial charge in [-0.2, -0.15) is 23.4 Å². The smallest absolute Gasteiger partial charge is 0.372 e. The van der Waals surface area contributed by atoms with Crippen molar-refractivity contribution in [2.75, 3.05) is 13.7 Å². The van der Waals surface area contributed by atoms with Crippen LogP contribution in [0.3, 0.4) is 0 Å². The van der Waals surface area contributed by atoms with Crippen LogP contribution in [0.4, 0.5) is 13.2 Å². The summed E-state index contributed by atoms with van der Waals surface area (Å²) in [6, 6.07) is 4.56. The fraction of sp³-hybridized carbons (Fsp3) is 0.500. The van der Waals surface area contributed by atoms with E-state index in [1.807, 2.05) is 6.20 Å². The number of benzene rings is 1. The molecule has 0 unspecified atom stereocenters. The molecule has 34 heavy (non-hydrogen) atoms. The lowest BCUT2D eigenvalue weighted by molar-refractivity contribution is -0.137. The van der Waals surface area contributed by atoms with Gasteiger partial charge in [0.25, 0.3) is 5.91 Å². The fourth-order valence-corrected chi connectivity index (χ4v) is 5.08. The minimum Gasteiger partial charge on any atom is -0.372 e. The Labute approximate surface area is 195 Å². The monoisotopic (exact) mass is 473 g/mol. The van der Waals surface area contributed by atoms with E-state index >= 15 is 0 Å². The molecule has 2 aliphatic heterocycles. The van der Waals surface area contributed by atoms with Gasteiger partial charge in [0.1, 0.15) is 12.4 Å². The average molecular weight is 473 g/mol. The number of rotatable bonds is 4. The van der Waals surface area contributed by atoms with Crippen molar-refractivity contribution in [2.45, 2.75) is 57.5 Å². The summed E-state index contributed by atoms with van der Waals surface area (Å²) in [7, 11) is 1.68. The number of imidazole rings is 1. The third kappa shape index (κ3) is 4.38. The normalized spacial score (nSPS) is 22.7. The van der Waals surface area contributed by atoms with Crippen molar-refractivity contribution in [2.24, 2.45) is 16.1 Å². The summed E-state index contributed by atoms with van der Waals surface area (Å²) in [5, 5.41) is 8.93. The molecule has 1 aromatic carbocycles. The number of fused-ring (bicyclic) bond motifs is 1. The highest BCUT2D eigenvalue weighted by Crippen LogP contribution is 2.33. The van der Waals surface area contributed by atoms with Gasteiger partial charge in [-0.1, -0.05) is 12.5 Å². The molecule has 3 aliphatic rings.